The first kappa shape index (κ1) is 22.0. The van der Waals surface area contributed by atoms with E-state index in [9.17, 15) is 14.3 Å². The number of aromatic carboxylic acids is 1. The summed E-state index contributed by atoms with van der Waals surface area (Å²) in [5.74, 6) is -0.212. The van der Waals surface area contributed by atoms with Gasteiger partial charge in [-0.05, 0) is 44.2 Å². The van der Waals surface area contributed by atoms with E-state index >= 15 is 0 Å². The van der Waals surface area contributed by atoms with Gasteiger partial charge in [0.25, 0.3) is 0 Å². The number of aryl methyl sites for hydroxylation is 2. The molecule has 1 fully saturated rings. The van der Waals surface area contributed by atoms with Gasteiger partial charge in [-0.3, -0.25) is 0 Å². The Morgan fingerprint density at radius 3 is 2.56 bits per heavy atom. The average molecular weight is 466 g/mol. The number of nitrogens with zero attached hydrogens (tertiary/aromatic N) is 2. The molecule has 1 N–H and O–H groups in total. The SMILES string of the molecule is Cc1noc(C)c1COc1cc2c(C(=O)O)c(-c3ccc(F)cc3)oc2cc1N1CCOCC1. The number of rotatable bonds is 6. The number of fused-ring (bicyclic) bond motifs is 1. The van der Waals surface area contributed by atoms with E-state index in [0.717, 1.165) is 16.9 Å². The number of halogens is 1. The van der Waals surface area contributed by atoms with Crippen LogP contribution < -0.4 is 9.64 Å². The van der Waals surface area contributed by atoms with Crippen molar-refractivity contribution in [3.05, 3.63) is 64.8 Å². The molecular formula is C25H23FN2O6. The molecule has 0 atom stereocenters. The molecule has 1 aliphatic rings. The number of morpholine rings is 1. The molecule has 0 unspecified atom stereocenters. The summed E-state index contributed by atoms with van der Waals surface area (Å²) in [4.78, 5) is 14.4. The van der Waals surface area contributed by atoms with Crippen LogP contribution in [0, 0.1) is 19.7 Å². The predicted molar refractivity (Wildman–Crippen MR) is 122 cm³/mol. The Hall–Kier alpha value is -3.85. The van der Waals surface area contributed by atoms with Gasteiger partial charge in [0.05, 0.1) is 30.2 Å². The van der Waals surface area contributed by atoms with Crippen molar-refractivity contribution < 1.29 is 32.7 Å². The number of carboxylic acid groups (broad SMARTS) is 1. The van der Waals surface area contributed by atoms with Crippen LogP contribution in [0.1, 0.15) is 27.4 Å². The molecule has 2 aromatic heterocycles. The molecule has 0 amide bonds. The topological polar surface area (TPSA) is 98.2 Å². The lowest BCUT2D eigenvalue weighted by molar-refractivity contribution is 0.0699. The van der Waals surface area contributed by atoms with Crippen LogP contribution >= 0.6 is 0 Å². The first-order valence-corrected chi connectivity index (χ1v) is 10.9. The van der Waals surface area contributed by atoms with Gasteiger partial charge >= 0.3 is 5.97 Å². The maximum atomic E-state index is 13.4. The van der Waals surface area contributed by atoms with Gasteiger partial charge < -0.3 is 28.4 Å². The van der Waals surface area contributed by atoms with Crippen LogP contribution in [0.25, 0.3) is 22.3 Å². The lowest BCUT2D eigenvalue weighted by Crippen LogP contribution is -2.36. The second-order valence-electron chi connectivity index (χ2n) is 8.13. The van der Waals surface area contributed by atoms with Crippen molar-refractivity contribution in [2.24, 2.45) is 0 Å². The van der Waals surface area contributed by atoms with E-state index < -0.39 is 11.8 Å². The molecule has 1 aliphatic heterocycles. The van der Waals surface area contributed by atoms with E-state index in [1.165, 1.54) is 24.3 Å². The number of hydrogen-bond acceptors (Lipinski definition) is 7. The maximum absolute atomic E-state index is 13.4. The molecule has 8 nitrogen and oxygen atoms in total. The van der Waals surface area contributed by atoms with Gasteiger partial charge in [0, 0.05) is 30.1 Å². The molecule has 0 bridgehead atoms. The summed E-state index contributed by atoms with van der Waals surface area (Å²) in [6.45, 7) is 6.33. The molecule has 4 aromatic rings. The van der Waals surface area contributed by atoms with Crippen molar-refractivity contribution in [2.75, 3.05) is 31.2 Å². The molecule has 0 radical (unpaired) electrons. The highest BCUT2D eigenvalue weighted by Crippen LogP contribution is 2.41. The van der Waals surface area contributed by atoms with E-state index in [4.69, 9.17) is 18.4 Å². The van der Waals surface area contributed by atoms with E-state index in [1.54, 1.807) is 12.1 Å². The quantitative estimate of drug-likeness (QED) is 0.426. The zero-order chi connectivity index (χ0) is 23.8. The summed E-state index contributed by atoms with van der Waals surface area (Å²) >= 11 is 0. The molecule has 34 heavy (non-hydrogen) atoms. The molecule has 0 spiro atoms. The number of benzene rings is 2. The predicted octanol–water partition coefficient (Wildman–Crippen LogP) is 4.96. The molecule has 176 valence electrons. The van der Waals surface area contributed by atoms with E-state index in [2.05, 4.69) is 10.1 Å². The van der Waals surface area contributed by atoms with Crippen LogP contribution in [0.15, 0.2) is 45.3 Å². The monoisotopic (exact) mass is 466 g/mol. The second-order valence-corrected chi connectivity index (χ2v) is 8.13. The van der Waals surface area contributed by atoms with Gasteiger partial charge in [-0.25, -0.2) is 9.18 Å². The van der Waals surface area contributed by atoms with Crippen molar-refractivity contribution in [3.63, 3.8) is 0 Å². The van der Waals surface area contributed by atoms with Crippen molar-refractivity contribution >= 4 is 22.6 Å². The van der Waals surface area contributed by atoms with E-state index in [-0.39, 0.29) is 17.9 Å². The highest BCUT2D eigenvalue weighted by molar-refractivity contribution is 6.09. The average Bonchev–Trinajstić information content (AvgIpc) is 3.37. The normalized spacial score (nSPS) is 14.0. The lowest BCUT2D eigenvalue weighted by atomic mass is 10.0. The van der Waals surface area contributed by atoms with Gasteiger partial charge in [0.2, 0.25) is 0 Å². The molecule has 0 saturated carbocycles. The summed E-state index contributed by atoms with van der Waals surface area (Å²) in [7, 11) is 0. The fraction of sp³-hybridized carbons (Fsp3) is 0.280. The number of aromatic nitrogens is 1. The number of furan rings is 1. The Balaban J connectivity index is 1.64. The van der Waals surface area contributed by atoms with Crippen LogP contribution in [0.4, 0.5) is 10.1 Å². The van der Waals surface area contributed by atoms with Crippen LogP contribution in [0.5, 0.6) is 5.75 Å². The Morgan fingerprint density at radius 2 is 1.91 bits per heavy atom. The third-order valence-electron chi connectivity index (χ3n) is 5.99. The van der Waals surface area contributed by atoms with Crippen LogP contribution in [-0.4, -0.2) is 42.5 Å². The number of hydrogen-bond donors (Lipinski definition) is 1. The number of ether oxygens (including phenoxy) is 2. The summed E-state index contributed by atoms with van der Waals surface area (Å²) in [5.41, 5.74) is 3.23. The fourth-order valence-electron chi connectivity index (χ4n) is 4.15. The van der Waals surface area contributed by atoms with E-state index in [1.807, 2.05) is 13.8 Å². The first-order valence-electron chi connectivity index (χ1n) is 10.9. The second kappa shape index (κ2) is 8.83. The molecular weight excluding hydrogens is 443 g/mol. The minimum Gasteiger partial charge on any atom is -0.486 e. The number of carbonyl (C=O) groups is 1. The largest absolute Gasteiger partial charge is 0.486 e. The molecule has 0 aliphatic carbocycles. The third kappa shape index (κ3) is 3.99. The van der Waals surface area contributed by atoms with Gasteiger partial charge in [0.1, 0.15) is 40.8 Å². The van der Waals surface area contributed by atoms with Crippen LogP contribution in [-0.2, 0) is 11.3 Å². The van der Waals surface area contributed by atoms with Gasteiger partial charge in [-0.2, -0.15) is 0 Å². The maximum Gasteiger partial charge on any atom is 0.340 e. The van der Waals surface area contributed by atoms with Crippen molar-refractivity contribution in [2.45, 2.75) is 20.5 Å². The zero-order valence-corrected chi connectivity index (χ0v) is 18.8. The van der Waals surface area contributed by atoms with E-state index in [0.29, 0.717) is 54.3 Å². The molecule has 9 heteroatoms. The molecule has 1 saturated heterocycles. The van der Waals surface area contributed by atoms with Gasteiger partial charge in [-0.1, -0.05) is 5.16 Å². The highest BCUT2D eigenvalue weighted by Gasteiger charge is 2.26. The van der Waals surface area contributed by atoms with Crippen LogP contribution in [0.2, 0.25) is 0 Å². The molecule has 5 rings (SSSR count). The summed E-state index contributed by atoms with van der Waals surface area (Å²) in [6, 6.07) is 9.02. The lowest BCUT2D eigenvalue weighted by Gasteiger charge is -2.30. The zero-order valence-electron chi connectivity index (χ0n) is 18.8. The highest BCUT2D eigenvalue weighted by atomic mass is 19.1. The summed E-state index contributed by atoms with van der Waals surface area (Å²) in [6.07, 6.45) is 0. The Bertz CT molecular complexity index is 1330. The first-order chi connectivity index (χ1) is 16.4. The van der Waals surface area contributed by atoms with Crippen LogP contribution in [0.3, 0.4) is 0 Å². The minimum absolute atomic E-state index is 0.00248. The Kier molecular flexibility index (Phi) is 5.70. The minimum atomic E-state index is -1.14. The van der Waals surface area contributed by atoms with Crippen molar-refractivity contribution in [1.29, 1.82) is 0 Å². The van der Waals surface area contributed by atoms with Crippen molar-refractivity contribution in [3.8, 4) is 17.1 Å². The third-order valence-corrected chi connectivity index (χ3v) is 5.99. The van der Waals surface area contributed by atoms with Crippen molar-refractivity contribution in [1.82, 2.24) is 5.16 Å². The molecule has 2 aromatic carbocycles. The smallest absolute Gasteiger partial charge is 0.340 e. The Labute approximate surface area is 194 Å². The number of anilines is 1. The van der Waals surface area contributed by atoms with Gasteiger partial charge in [0.15, 0.2) is 0 Å². The van der Waals surface area contributed by atoms with Gasteiger partial charge in [-0.15, -0.1) is 0 Å². The fourth-order valence-corrected chi connectivity index (χ4v) is 4.15. The standard InChI is InChI=1S/C25H23FN2O6/c1-14-19(15(2)34-27-14)13-32-22-11-18-21(12-20(22)28-7-9-31-10-8-28)33-24(23(18)25(29)30)16-3-5-17(26)6-4-16/h3-6,11-12H,7-10,13H2,1-2H3,(H,29,30). The summed E-state index contributed by atoms with van der Waals surface area (Å²) < 4.78 is 36.4. The molecule has 3 heterocycles. The Morgan fingerprint density at radius 1 is 1.18 bits per heavy atom. The summed E-state index contributed by atoms with van der Waals surface area (Å²) in [5, 5.41) is 14.4. The number of carboxylic acids is 1.